The van der Waals surface area contributed by atoms with Crippen LogP contribution in [0.1, 0.15) is 25.3 Å². The quantitative estimate of drug-likeness (QED) is 0.673. The molecule has 0 spiro atoms. The van der Waals surface area contributed by atoms with Crippen molar-refractivity contribution in [2.75, 3.05) is 7.11 Å². The Kier molecular flexibility index (Phi) is 4.45. The van der Waals surface area contributed by atoms with Crippen LogP contribution in [0, 0.1) is 9.39 Å². The Hall–Kier alpha value is -1.10. The topological polar surface area (TPSA) is 9.23 Å². The predicted molar refractivity (Wildman–Crippen MR) is 85.2 cm³/mol. The molecule has 100 valence electrons. The Labute approximate surface area is 126 Å². The van der Waals surface area contributed by atoms with E-state index in [4.69, 9.17) is 4.74 Å². The lowest BCUT2D eigenvalue weighted by atomic mass is 9.96. The minimum atomic E-state index is -0.225. The van der Waals surface area contributed by atoms with E-state index >= 15 is 0 Å². The van der Waals surface area contributed by atoms with Crippen molar-refractivity contribution in [3.63, 3.8) is 0 Å². The van der Waals surface area contributed by atoms with Crippen LogP contribution in [0.15, 0.2) is 36.4 Å². The van der Waals surface area contributed by atoms with Crippen LogP contribution in [0.2, 0.25) is 0 Å². The molecule has 2 aromatic carbocycles. The van der Waals surface area contributed by atoms with Gasteiger partial charge in [0.1, 0.15) is 11.6 Å². The number of hydrogen-bond donors (Lipinski definition) is 0. The Bertz CT molecular complexity index is 576. The summed E-state index contributed by atoms with van der Waals surface area (Å²) in [7, 11) is 1.67. The molecule has 0 saturated heterocycles. The Balaban J connectivity index is 2.62. The van der Waals surface area contributed by atoms with Crippen molar-refractivity contribution in [1.82, 2.24) is 0 Å². The highest BCUT2D eigenvalue weighted by atomic mass is 127. The first-order valence-electron chi connectivity index (χ1n) is 6.16. The fraction of sp³-hybridized carbons (Fsp3) is 0.250. The van der Waals surface area contributed by atoms with Crippen molar-refractivity contribution in [2.45, 2.75) is 19.8 Å². The zero-order chi connectivity index (χ0) is 14.0. The first-order valence-corrected chi connectivity index (χ1v) is 7.24. The molecule has 0 saturated carbocycles. The van der Waals surface area contributed by atoms with Gasteiger partial charge in [-0.2, -0.15) is 0 Å². The van der Waals surface area contributed by atoms with Crippen molar-refractivity contribution in [3.05, 3.63) is 51.3 Å². The zero-order valence-electron chi connectivity index (χ0n) is 11.2. The van der Waals surface area contributed by atoms with Gasteiger partial charge in [-0.05, 0) is 63.9 Å². The fourth-order valence-electron chi connectivity index (χ4n) is 2.00. The average molecular weight is 370 g/mol. The molecule has 1 nitrogen and oxygen atoms in total. The lowest BCUT2D eigenvalue weighted by Gasteiger charge is -2.15. The van der Waals surface area contributed by atoms with Gasteiger partial charge in [-0.1, -0.05) is 26.0 Å². The van der Waals surface area contributed by atoms with E-state index < -0.39 is 0 Å². The number of methoxy groups -OCH3 is 1. The van der Waals surface area contributed by atoms with Crippen molar-refractivity contribution in [3.8, 4) is 16.9 Å². The SMILES string of the molecule is COc1c(I)cc(C(C)C)cc1-c1ccc(F)cc1. The molecule has 3 heteroatoms. The summed E-state index contributed by atoms with van der Waals surface area (Å²) in [6, 6.07) is 10.8. The third kappa shape index (κ3) is 3.08. The van der Waals surface area contributed by atoms with Gasteiger partial charge < -0.3 is 4.74 Å². The van der Waals surface area contributed by atoms with Crippen LogP contribution in [0.25, 0.3) is 11.1 Å². The summed E-state index contributed by atoms with van der Waals surface area (Å²) >= 11 is 2.28. The molecule has 2 aromatic rings. The summed E-state index contributed by atoms with van der Waals surface area (Å²) in [5.41, 5.74) is 3.24. The summed E-state index contributed by atoms with van der Waals surface area (Å²) in [6.07, 6.45) is 0. The van der Waals surface area contributed by atoms with E-state index in [-0.39, 0.29) is 5.82 Å². The third-order valence-electron chi connectivity index (χ3n) is 3.09. The van der Waals surface area contributed by atoms with E-state index in [1.807, 2.05) is 0 Å². The van der Waals surface area contributed by atoms with Gasteiger partial charge in [0.2, 0.25) is 0 Å². The van der Waals surface area contributed by atoms with E-state index in [1.54, 1.807) is 19.2 Å². The smallest absolute Gasteiger partial charge is 0.140 e. The Morgan fingerprint density at radius 3 is 2.26 bits per heavy atom. The second kappa shape index (κ2) is 5.90. The molecule has 0 aliphatic carbocycles. The highest BCUT2D eigenvalue weighted by molar-refractivity contribution is 14.1. The first-order chi connectivity index (χ1) is 9.02. The van der Waals surface area contributed by atoms with Crippen LogP contribution in [0.4, 0.5) is 4.39 Å². The van der Waals surface area contributed by atoms with E-state index in [0.717, 1.165) is 20.4 Å². The number of benzene rings is 2. The van der Waals surface area contributed by atoms with Gasteiger partial charge in [-0.3, -0.25) is 0 Å². The summed E-state index contributed by atoms with van der Waals surface area (Å²) < 4.78 is 19.6. The normalized spacial score (nSPS) is 10.8. The monoisotopic (exact) mass is 370 g/mol. The maximum absolute atomic E-state index is 13.0. The molecular weight excluding hydrogens is 354 g/mol. The second-order valence-electron chi connectivity index (χ2n) is 4.75. The number of hydrogen-bond acceptors (Lipinski definition) is 1. The predicted octanol–water partition coefficient (Wildman–Crippen LogP) is 5.23. The van der Waals surface area contributed by atoms with E-state index in [1.165, 1.54) is 17.7 Å². The van der Waals surface area contributed by atoms with Crippen LogP contribution in [-0.2, 0) is 0 Å². The molecule has 2 rings (SSSR count). The number of ether oxygens (including phenoxy) is 1. The zero-order valence-corrected chi connectivity index (χ0v) is 13.4. The van der Waals surface area contributed by atoms with Gasteiger partial charge in [0.25, 0.3) is 0 Å². The molecule has 0 amide bonds. The number of rotatable bonds is 3. The van der Waals surface area contributed by atoms with Crippen LogP contribution in [0.3, 0.4) is 0 Å². The minimum Gasteiger partial charge on any atom is -0.495 e. The molecule has 0 N–H and O–H groups in total. The number of halogens is 2. The minimum absolute atomic E-state index is 0.225. The molecule has 0 fully saturated rings. The van der Waals surface area contributed by atoms with E-state index in [0.29, 0.717) is 5.92 Å². The molecular formula is C16H16FIO. The largest absolute Gasteiger partial charge is 0.495 e. The molecule has 0 radical (unpaired) electrons. The highest BCUT2D eigenvalue weighted by Gasteiger charge is 2.13. The lowest BCUT2D eigenvalue weighted by molar-refractivity contribution is 0.413. The van der Waals surface area contributed by atoms with Gasteiger partial charge in [-0.25, -0.2) is 4.39 Å². The maximum atomic E-state index is 13.0. The fourth-order valence-corrected chi connectivity index (χ4v) is 2.87. The van der Waals surface area contributed by atoms with Crippen molar-refractivity contribution >= 4 is 22.6 Å². The lowest BCUT2D eigenvalue weighted by Crippen LogP contribution is -1.96. The molecule has 19 heavy (non-hydrogen) atoms. The summed E-state index contributed by atoms with van der Waals surface area (Å²) in [4.78, 5) is 0. The van der Waals surface area contributed by atoms with Gasteiger partial charge in [0, 0.05) is 5.56 Å². The second-order valence-corrected chi connectivity index (χ2v) is 5.91. The molecule has 0 heterocycles. The van der Waals surface area contributed by atoms with Crippen molar-refractivity contribution < 1.29 is 9.13 Å². The Morgan fingerprint density at radius 1 is 1.11 bits per heavy atom. The third-order valence-corrected chi connectivity index (χ3v) is 3.89. The van der Waals surface area contributed by atoms with Gasteiger partial charge >= 0.3 is 0 Å². The molecule has 0 aliphatic heterocycles. The van der Waals surface area contributed by atoms with Crippen LogP contribution in [-0.4, -0.2) is 7.11 Å². The molecule has 0 unspecified atom stereocenters. The maximum Gasteiger partial charge on any atom is 0.140 e. The summed E-state index contributed by atoms with van der Waals surface area (Å²) in [6.45, 7) is 4.32. The molecule has 0 aliphatic rings. The average Bonchev–Trinajstić information content (AvgIpc) is 2.38. The van der Waals surface area contributed by atoms with E-state index in [2.05, 4.69) is 48.6 Å². The molecule has 0 aromatic heterocycles. The van der Waals surface area contributed by atoms with Crippen LogP contribution >= 0.6 is 22.6 Å². The standard InChI is InChI=1S/C16H16FIO/c1-10(2)12-8-14(16(19-3)15(18)9-12)11-4-6-13(17)7-5-11/h4-10H,1-3H3. The van der Waals surface area contributed by atoms with Crippen molar-refractivity contribution in [1.29, 1.82) is 0 Å². The van der Waals surface area contributed by atoms with Crippen LogP contribution < -0.4 is 4.74 Å². The summed E-state index contributed by atoms with van der Waals surface area (Å²) in [5, 5.41) is 0. The summed E-state index contributed by atoms with van der Waals surface area (Å²) in [5.74, 6) is 1.06. The Morgan fingerprint density at radius 2 is 1.74 bits per heavy atom. The van der Waals surface area contributed by atoms with Gasteiger partial charge in [0.15, 0.2) is 0 Å². The molecule has 0 bridgehead atoms. The van der Waals surface area contributed by atoms with Crippen LogP contribution in [0.5, 0.6) is 5.75 Å². The highest BCUT2D eigenvalue weighted by Crippen LogP contribution is 2.37. The van der Waals surface area contributed by atoms with Gasteiger partial charge in [0.05, 0.1) is 10.7 Å². The molecule has 0 atom stereocenters. The first kappa shape index (κ1) is 14.3. The van der Waals surface area contributed by atoms with Crippen molar-refractivity contribution in [2.24, 2.45) is 0 Å². The van der Waals surface area contributed by atoms with E-state index in [9.17, 15) is 4.39 Å². The van der Waals surface area contributed by atoms with Gasteiger partial charge in [-0.15, -0.1) is 0 Å².